The van der Waals surface area contributed by atoms with E-state index in [0.717, 1.165) is 46.5 Å². The Kier molecular flexibility index (Phi) is 8.65. The molecular formula is C35H36N6O3. The number of nitrogens with zero attached hydrogens (tertiary/aromatic N) is 5. The lowest BCUT2D eigenvalue weighted by Crippen LogP contribution is -2.42. The highest BCUT2D eigenvalue weighted by Gasteiger charge is 2.32. The third-order valence-electron chi connectivity index (χ3n) is 8.09. The predicted molar refractivity (Wildman–Crippen MR) is 171 cm³/mol. The highest BCUT2D eigenvalue weighted by molar-refractivity contribution is 5.98. The molecule has 0 bridgehead atoms. The number of carbonyl (C=O) groups excluding carboxylic acids is 2. The van der Waals surface area contributed by atoms with E-state index < -0.39 is 6.04 Å². The maximum Gasteiger partial charge on any atom is 0.251 e. The summed E-state index contributed by atoms with van der Waals surface area (Å²) in [5.41, 5.74) is 7.00. The van der Waals surface area contributed by atoms with Crippen molar-refractivity contribution in [3.05, 3.63) is 119 Å². The van der Waals surface area contributed by atoms with E-state index in [1.165, 1.54) is 0 Å². The summed E-state index contributed by atoms with van der Waals surface area (Å²) in [5.74, 6) is -0.536. The van der Waals surface area contributed by atoms with Crippen LogP contribution in [-0.4, -0.2) is 58.0 Å². The van der Waals surface area contributed by atoms with Crippen LogP contribution in [-0.2, 0) is 27.4 Å². The Labute approximate surface area is 257 Å². The molecule has 44 heavy (non-hydrogen) atoms. The number of hydrogen-bond donors (Lipinski definition) is 1. The van der Waals surface area contributed by atoms with E-state index in [1.54, 1.807) is 9.58 Å². The van der Waals surface area contributed by atoms with Gasteiger partial charge in [-0.2, -0.15) is 0 Å². The van der Waals surface area contributed by atoms with Gasteiger partial charge in [0.05, 0.1) is 18.7 Å². The fourth-order valence-electron chi connectivity index (χ4n) is 5.56. The van der Waals surface area contributed by atoms with Crippen molar-refractivity contribution in [1.29, 1.82) is 0 Å². The number of para-hydroxylation sites is 1. The first-order valence-corrected chi connectivity index (χ1v) is 14.9. The molecule has 1 N–H and O–H groups in total. The molecule has 224 valence electrons. The van der Waals surface area contributed by atoms with Gasteiger partial charge in [-0.25, -0.2) is 4.68 Å². The first-order valence-electron chi connectivity index (χ1n) is 14.9. The molecule has 1 unspecified atom stereocenters. The molecule has 1 aliphatic heterocycles. The summed E-state index contributed by atoms with van der Waals surface area (Å²) in [4.78, 5) is 32.4. The van der Waals surface area contributed by atoms with Gasteiger partial charge in [-0.1, -0.05) is 71.4 Å². The van der Waals surface area contributed by atoms with Gasteiger partial charge in [-0.05, 0) is 66.9 Å². The van der Waals surface area contributed by atoms with Crippen molar-refractivity contribution in [2.45, 2.75) is 33.0 Å². The van der Waals surface area contributed by atoms with Gasteiger partial charge < -0.3 is 19.9 Å². The Morgan fingerprint density at radius 3 is 2.34 bits per heavy atom. The SMILES string of the molecule is Cc1ccc(C(C(=O)Nc2ccc(N3CCOCC3)cc2)N(Cc2ccccc2C)C(=O)Cn2nnc3ccccc32)cc1. The monoisotopic (exact) mass is 588 g/mol. The van der Waals surface area contributed by atoms with Crippen LogP contribution in [0.25, 0.3) is 11.0 Å². The number of anilines is 2. The van der Waals surface area contributed by atoms with Crippen molar-refractivity contribution in [3.63, 3.8) is 0 Å². The van der Waals surface area contributed by atoms with Crippen LogP contribution in [0.4, 0.5) is 11.4 Å². The van der Waals surface area contributed by atoms with Gasteiger partial charge in [0.25, 0.3) is 5.91 Å². The second-order valence-electron chi connectivity index (χ2n) is 11.1. The number of aryl methyl sites for hydroxylation is 2. The lowest BCUT2D eigenvalue weighted by molar-refractivity contribution is -0.140. The second-order valence-corrected chi connectivity index (χ2v) is 11.1. The number of hydrogen-bond acceptors (Lipinski definition) is 6. The van der Waals surface area contributed by atoms with Crippen molar-refractivity contribution >= 4 is 34.2 Å². The van der Waals surface area contributed by atoms with Crippen LogP contribution in [0.1, 0.15) is 28.3 Å². The fraction of sp³-hybridized carbons (Fsp3) is 0.257. The minimum Gasteiger partial charge on any atom is -0.378 e. The van der Waals surface area contributed by atoms with Crippen LogP contribution in [0.5, 0.6) is 0 Å². The average Bonchev–Trinajstić information content (AvgIpc) is 3.46. The maximum absolute atomic E-state index is 14.3. The van der Waals surface area contributed by atoms with Gasteiger partial charge in [0.2, 0.25) is 5.91 Å². The molecule has 1 aliphatic rings. The largest absolute Gasteiger partial charge is 0.378 e. The number of amides is 2. The number of fused-ring (bicyclic) bond motifs is 1. The van der Waals surface area contributed by atoms with Crippen molar-refractivity contribution in [3.8, 4) is 0 Å². The molecule has 9 heteroatoms. The third kappa shape index (κ3) is 6.48. The molecule has 4 aromatic carbocycles. The molecule has 0 aliphatic carbocycles. The zero-order chi connectivity index (χ0) is 30.5. The molecule has 6 rings (SSSR count). The third-order valence-corrected chi connectivity index (χ3v) is 8.09. The van der Waals surface area contributed by atoms with Gasteiger partial charge >= 0.3 is 0 Å². The van der Waals surface area contributed by atoms with Crippen LogP contribution in [0.3, 0.4) is 0 Å². The normalized spacial score (nSPS) is 13.9. The van der Waals surface area contributed by atoms with Crippen molar-refractivity contribution in [2.75, 3.05) is 36.5 Å². The molecule has 0 radical (unpaired) electrons. The molecule has 1 fully saturated rings. The number of nitrogens with one attached hydrogen (secondary N) is 1. The molecule has 9 nitrogen and oxygen atoms in total. The van der Waals surface area contributed by atoms with E-state index in [4.69, 9.17) is 4.74 Å². The van der Waals surface area contributed by atoms with Crippen LogP contribution in [0.2, 0.25) is 0 Å². The van der Waals surface area contributed by atoms with Gasteiger partial charge in [-0.3, -0.25) is 9.59 Å². The number of aromatic nitrogens is 3. The zero-order valence-electron chi connectivity index (χ0n) is 25.0. The zero-order valence-corrected chi connectivity index (χ0v) is 25.0. The summed E-state index contributed by atoms with van der Waals surface area (Å²) in [6.45, 7) is 7.27. The first kappa shape index (κ1) is 29.1. The lowest BCUT2D eigenvalue weighted by Gasteiger charge is -2.32. The number of morpholine rings is 1. The summed E-state index contributed by atoms with van der Waals surface area (Å²) in [6.07, 6.45) is 0. The minimum atomic E-state index is -0.892. The second kappa shape index (κ2) is 13.1. The van der Waals surface area contributed by atoms with Gasteiger partial charge in [-0.15, -0.1) is 5.10 Å². The smallest absolute Gasteiger partial charge is 0.251 e. The topological polar surface area (TPSA) is 92.6 Å². The molecule has 0 spiro atoms. The summed E-state index contributed by atoms with van der Waals surface area (Å²) in [7, 11) is 0. The van der Waals surface area contributed by atoms with Crippen molar-refractivity contribution in [1.82, 2.24) is 19.9 Å². The molecular weight excluding hydrogens is 552 g/mol. The van der Waals surface area contributed by atoms with Crippen molar-refractivity contribution in [2.24, 2.45) is 0 Å². The fourth-order valence-corrected chi connectivity index (χ4v) is 5.56. The standard InChI is InChI=1S/C35H36N6O3/c1-25-11-13-27(14-12-25)34(35(43)36-29-15-17-30(18-16-29)39-19-21-44-22-20-39)40(23-28-8-4-3-7-26(28)2)33(42)24-41-32-10-6-5-9-31(32)37-38-41/h3-18,34H,19-24H2,1-2H3,(H,36,43). The van der Waals surface area contributed by atoms with E-state index >= 15 is 0 Å². The number of benzene rings is 4. The quantitative estimate of drug-likeness (QED) is 0.252. The Bertz CT molecular complexity index is 1740. The van der Waals surface area contributed by atoms with Crippen LogP contribution in [0.15, 0.2) is 97.1 Å². The average molecular weight is 589 g/mol. The highest BCUT2D eigenvalue weighted by Crippen LogP contribution is 2.28. The Morgan fingerprint density at radius 2 is 1.59 bits per heavy atom. The van der Waals surface area contributed by atoms with Gasteiger partial charge in [0.15, 0.2) is 0 Å². The number of carbonyl (C=O) groups is 2. The van der Waals surface area contributed by atoms with E-state index in [9.17, 15) is 9.59 Å². The number of ether oxygens (including phenoxy) is 1. The summed E-state index contributed by atoms with van der Waals surface area (Å²) >= 11 is 0. The van der Waals surface area contributed by atoms with Crippen LogP contribution in [0, 0.1) is 13.8 Å². The van der Waals surface area contributed by atoms with Gasteiger partial charge in [0.1, 0.15) is 18.1 Å². The summed E-state index contributed by atoms with van der Waals surface area (Å²) in [5, 5.41) is 11.6. The van der Waals surface area contributed by atoms with Gasteiger partial charge in [0, 0.05) is 31.0 Å². The Morgan fingerprint density at radius 1 is 0.886 bits per heavy atom. The van der Waals surface area contributed by atoms with Crippen LogP contribution < -0.4 is 10.2 Å². The highest BCUT2D eigenvalue weighted by atomic mass is 16.5. The van der Waals surface area contributed by atoms with Crippen LogP contribution >= 0.6 is 0 Å². The first-order chi connectivity index (χ1) is 21.5. The molecule has 0 saturated carbocycles. The van der Waals surface area contributed by atoms with E-state index in [-0.39, 0.29) is 24.9 Å². The molecule has 1 atom stereocenters. The van der Waals surface area contributed by atoms with E-state index in [0.29, 0.717) is 24.4 Å². The minimum absolute atomic E-state index is 0.0592. The molecule has 5 aromatic rings. The predicted octanol–water partition coefficient (Wildman–Crippen LogP) is 5.29. The Hall–Kier alpha value is -5.02. The Balaban J connectivity index is 1.34. The summed E-state index contributed by atoms with van der Waals surface area (Å²) in [6, 6.07) is 30.2. The maximum atomic E-state index is 14.3. The van der Waals surface area contributed by atoms with Crippen molar-refractivity contribution < 1.29 is 14.3 Å². The molecule has 1 aromatic heterocycles. The van der Waals surface area contributed by atoms with E-state index in [1.807, 2.05) is 111 Å². The number of rotatable bonds is 9. The molecule has 2 heterocycles. The summed E-state index contributed by atoms with van der Waals surface area (Å²) < 4.78 is 7.07. The molecule has 2 amide bonds. The van der Waals surface area contributed by atoms with E-state index in [2.05, 4.69) is 20.5 Å². The lowest BCUT2D eigenvalue weighted by atomic mass is 10.0. The molecule has 1 saturated heterocycles.